The Balaban J connectivity index is 1.72. The fourth-order valence-electron chi connectivity index (χ4n) is 2.63. The molecule has 1 aliphatic carbocycles. The second-order valence-corrected chi connectivity index (χ2v) is 5.24. The Kier molecular flexibility index (Phi) is 3.99. The van der Waals surface area contributed by atoms with Crippen LogP contribution >= 0.6 is 0 Å². The molecule has 2 rings (SSSR count). The third-order valence-corrected chi connectivity index (χ3v) is 3.78. The zero-order chi connectivity index (χ0) is 11.4. The molecule has 0 bridgehead atoms. The summed E-state index contributed by atoms with van der Waals surface area (Å²) in [6.45, 7) is 5.78. The maximum Gasteiger partial charge on any atom is 0.107 e. The number of hydrogen-bond acceptors (Lipinski definition) is 2. The number of rotatable bonds is 4. The summed E-state index contributed by atoms with van der Waals surface area (Å²) in [7, 11) is 0. The number of nitrogens with zero attached hydrogens (tertiary/aromatic N) is 1. The van der Waals surface area contributed by atoms with Crippen molar-refractivity contribution in [2.24, 2.45) is 11.8 Å². The zero-order valence-electron chi connectivity index (χ0n) is 10.4. The number of hydrogen-bond donors (Lipinski definition) is 2. The van der Waals surface area contributed by atoms with Gasteiger partial charge in [0.05, 0.1) is 0 Å². The van der Waals surface area contributed by atoms with E-state index in [9.17, 15) is 0 Å². The highest BCUT2D eigenvalue weighted by molar-refractivity contribution is 4.88. The van der Waals surface area contributed by atoms with E-state index in [0.29, 0.717) is 6.04 Å². The van der Waals surface area contributed by atoms with E-state index in [1.54, 1.807) is 0 Å². The lowest BCUT2D eigenvalue weighted by atomic mass is 9.80. The number of imidazole rings is 1. The Hall–Kier alpha value is -0.830. The van der Waals surface area contributed by atoms with Crippen molar-refractivity contribution >= 4 is 0 Å². The Morgan fingerprint density at radius 3 is 3.06 bits per heavy atom. The van der Waals surface area contributed by atoms with E-state index in [4.69, 9.17) is 0 Å². The van der Waals surface area contributed by atoms with E-state index in [1.807, 2.05) is 12.4 Å². The lowest BCUT2D eigenvalue weighted by Crippen LogP contribution is -2.40. The minimum absolute atomic E-state index is 0.707. The van der Waals surface area contributed by atoms with Gasteiger partial charge in [-0.15, -0.1) is 0 Å². The van der Waals surface area contributed by atoms with Crippen LogP contribution in [0.3, 0.4) is 0 Å². The van der Waals surface area contributed by atoms with Crippen LogP contribution in [0.15, 0.2) is 12.4 Å². The molecule has 3 nitrogen and oxygen atoms in total. The third kappa shape index (κ3) is 3.08. The highest BCUT2D eigenvalue weighted by atomic mass is 14.9. The first-order chi connectivity index (χ1) is 7.75. The molecule has 0 radical (unpaired) electrons. The highest BCUT2D eigenvalue weighted by Gasteiger charge is 2.24. The molecule has 0 aromatic carbocycles. The summed E-state index contributed by atoms with van der Waals surface area (Å²) in [5.74, 6) is 2.80. The first kappa shape index (κ1) is 11.6. The van der Waals surface area contributed by atoms with E-state index >= 15 is 0 Å². The quantitative estimate of drug-likeness (QED) is 0.819. The second kappa shape index (κ2) is 5.48. The molecular weight excluding hydrogens is 198 g/mol. The average Bonchev–Trinajstić information content (AvgIpc) is 2.76. The molecule has 1 aromatic rings. The van der Waals surface area contributed by atoms with Crippen molar-refractivity contribution in [3.63, 3.8) is 0 Å². The number of aromatic amines is 1. The molecule has 0 saturated heterocycles. The molecular formula is C13H23N3. The maximum absolute atomic E-state index is 4.24. The molecule has 1 aliphatic rings. The van der Waals surface area contributed by atoms with Crippen molar-refractivity contribution in [1.82, 2.24) is 15.3 Å². The van der Waals surface area contributed by atoms with Crippen molar-refractivity contribution in [3.05, 3.63) is 18.2 Å². The van der Waals surface area contributed by atoms with E-state index in [1.165, 1.54) is 19.3 Å². The number of H-pyrrole nitrogens is 1. The van der Waals surface area contributed by atoms with Crippen LogP contribution in [0.1, 0.15) is 38.9 Å². The van der Waals surface area contributed by atoms with Crippen LogP contribution in [-0.2, 0) is 6.42 Å². The molecule has 1 fully saturated rings. The van der Waals surface area contributed by atoms with Gasteiger partial charge in [-0.05, 0) is 24.7 Å². The van der Waals surface area contributed by atoms with Crippen LogP contribution in [0.5, 0.6) is 0 Å². The predicted molar refractivity (Wildman–Crippen MR) is 66.3 cm³/mol. The van der Waals surface area contributed by atoms with Gasteiger partial charge in [-0.1, -0.05) is 20.3 Å². The minimum atomic E-state index is 0.707. The van der Waals surface area contributed by atoms with Gasteiger partial charge >= 0.3 is 0 Å². The average molecular weight is 221 g/mol. The third-order valence-electron chi connectivity index (χ3n) is 3.78. The molecule has 3 atom stereocenters. The summed E-state index contributed by atoms with van der Waals surface area (Å²) in [6, 6.07) is 0.707. The van der Waals surface area contributed by atoms with Crippen molar-refractivity contribution < 1.29 is 0 Å². The lowest BCUT2D eigenvalue weighted by Gasteiger charge is -2.33. The summed E-state index contributed by atoms with van der Waals surface area (Å²) in [5.41, 5.74) is 0. The number of aromatic nitrogens is 2. The standard InChI is InChI=1S/C13H23N3/c1-10-3-4-11(2)12(9-10)14-6-5-13-15-7-8-16-13/h7-8,10-12,14H,3-6,9H2,1-2H3,(H,15,16). The largest absolute Gasteiger partial charge is 0.349 e. The van der Waals surface area contributed by atoms with Gasteiger partial charge < -0.3 is 10.3 Å². The summed E-state index contributed by atoms with van der Waals surface area (Å²) in [6.07, 6.45) is 8.82. The first-order valence-corrected chi connectivity index (χ1v) is 6.47. The van der Waals surface area contributed by atoms with E-state index in [0.717, 1.165) is 30.6 Å². The smallest absolute Gasteiger partial charge is 0.107 e. The Morgan fingerprint density at radius 2 is 2.31 bits per heavy atom. The van der Waals surface area contributed by atoms with Crippen LogP contribution in [-0.4, -0.2) is 22.6 Å². The Labute approximate surface area is 98.1 Å². The van der Waals surface area contributed by atoms with Crippen molar-refractivity contribution in [1.29, 1.82) is 0 Å². The zero-order valence-corrected chi connectivity index (χ0v) is 10.4. The molecule has 1 heterocycles. The lowest BCUT2D eigenvalue weighted by molar-refractivity contribution is 0.229. The van der Waals surface area contributed by atoms with Gasteiger partial charge in [-0.2, -0.15) is 0 Å². The van der Waals surface area contributed by atoms with E-state index in [-0.39, 0.29) is 0 Å². The van der Waals surface area contributed by atoms with Crippen LogP contribution < -0.4 is 5.32 Å². The summed E-state index contributed by atoms with van der Waals surface area (Å²) < 4.78 is 0. The molecule has 0 amide bonds. The molecule has 1 saturated carbocycles. The molecule has 0 spiro atoms. The second-order valence-electron chi connectivity index (χ2n) is 5.24. The maximum atomic E-state index is 4.24. The fourth-order valence-corrected chi connectivity index (χ4v) is 2.63. The molecule has 2 N–H and O–H groups in total. The molecule has 1 aromatic heterocycles. The van der Waals surface area contributed by atoms with Gasteiger partial charge in [0, 0.05) is 31.4 Å². The van der Waals surface area contributed by atoms with Gasteiger partial charge in [0.2, 0.25) is 0 Å². The fraction of sp³-hybridized carbons (Fsp3) is 0.769. The molecule has 0 aliphatic heterocycles. The van der Waals surface area contributed by atoms with Crippen LogP contribution in [0.25, 0.3) is 0 Å². The predicted octanol–water partition coefficient (Wildman–Crippen LogP) is 2.37. The summed E-state index contributed by atoms with van der Waals surface area (Å²) in [5, 5.41) is 3.68. The molecule has 3 unspecified atom stereocenters. The van der Waals surface area contributed by atoms with Gasteiger partial charge in [0.25, 0.3) is 0 Å². The first-order valence-electron chi connectivity index (χ1n) is 6.47. The van der Waals surface area contributed by atoms with E-state index in [2.05, 4.69) is 29.1 Å². The minimum Gasteiger partial charge on any atom is -0.349 e. The van der Waals surface area contributed by atoms with Gasteiger partial charge in [0.15, 0.2) is 0 Å². The summed E-state index contributed by atoms with van der Waals surface area (Å²) in [4.78, 5) is 7.38. The van der Waals surface area contributed by atoms with Crippen molar-refractivity contribution in [3.8, 4) is 0 Å². The highest BCUT2D eigenvalue weighted by Crippen LogP contribution is 2.28. The SMILES string of the molecule is CC1CCC(C)C(NCCc2ncc[nH]2)C1. The van der Waals surface area contributed by atoms with Gasteiger partial charge in [-0.3, -0.25) is 0 Å². The monoisotopic (exact) mass is 221 g/mol. The molecule has 16 heavy (non-hydrogen) atoms. The van der Waals surface area contributed by atoms with Gasteiger partial charge in [0.1, 0.15) is 5.82 Å². The van der Waals surface area contributed by atoms with E-state index < -0.39 is 0 Å². The normalized spacial score (nSPS) is 30.5. The van der Waals surface area contributed by atoms with Crippen molar-refractivity contribution in [2.75, 3.05) is 6.54 Å². The molecule has 90 valence electrons. The topological polar surface area (TPSA) is 40.7 Å². The summed E-state index contributed by atoms with van der Waals surface area (Å²) >= 11 is 0. The Bertz CT molecular complexity index is 294. The van der Waals surface area contributed by atoms with Crippen LogP contribution in [0.4, 0.5) is 0 Å². The van der Waals surface area contributed by atoms with Crippen LogP contribution in [0.2, 0.25) is 0 Å². The van der Waals surface area contributed by atoms with Crippen LogP contribution in [0, 0.1) is 11.8 Å². The number of nitrogens with one attached hydrogen (secondary N) is 2. The van der Waals surface area contributed by atoms with Gasteiger partial charge in [-0.25, -0.2) is 4.98 Å². The Morgan fingerprint density at radius 1 is 1.44 bits per heavy atom. The van der Waals surface area contributed by atoms with Crippen molar-refractivity contribution in [2.45, 2.75) is 45.6 Å². The molecule has 3 heteroatoms.